The van der Waals surface area contributed by atoms with Crippen molar-refractivity contribution in [2.45, 2.75) is 33.6 Å². The molecule has 0 aliphatic rings. The Kier molecular flexibility index (Phi) is 5.36. The molecule has 1 heterocycles. The fourth-order valence-electron chi connectivity index (χ4n) is 1.60. The lowest BCUT2D eigenvalue weighted by atomic mass is 10.2. The molecule has 0 atom stereocenters. The maximum atomic E-state index is 10.8. The van der Waals surface area contributed by atoms with Gasteiger partial charge in [-0.25, -0.2) is 4.79 Å². The number of hydrogen-bond acceptors (Lipinski definition) is 3. The Balaban J connectivity index is 2.72. The van der Waals surface area contributed by atoms with Crippen LogP contribution in [0.4, 0.5) is 0 Å². The topological polar surface area (TPSA) is 59.4 Å². The third kappa shape index (κ3) is 3.87. The summed E-state index contributed by atoms with van der Waals surface area (Å²) in [4.78, 5) is 15.2. The second-order valence-electron chi connectivity index (χ2n) is 3.95. The first-order valence-electron chi connectivity index (χ1n) is 6.10. The minimum absolute atomic E-state index is 0.257. The van der Waals surface area contributed by atoms with Gasteiger partial charge in [-0.1, -0.05) is 13.8 Å². The number of pyridine rings is 1. The molecule has 0 radical (unpaired) electrons. The zero-order chi connectivity index (χ0) is 13.5. The third-order valence-corrected chi connectivity index (χ3v) is 2.63. The second kappa shape index (κ2) is 6.79. The maximum absolute atomic E-state index is 10.8. The summed E-state index contributed by atoms with van der Waals surface area (Å²) in [6.45, 7) is 6.01. The number of hydrogen-bond donors (Lipinski definition) is 1. The lowest BCUT2D eigenvalue weighted by Crippen LogP contribution is -2.04. The number of aromatic nitrogens is 1. The fraction of sp³-hybridized carbons (Fsp3) is 0.429. The average molecular weight is 249 g/mol. The number of nitrogens with zero attached hydrogens (tertiary/aromatic N) is 1. The van der Waals surface area contributed by atoms with E-state index < -0.39 is 5.97 Å². The molecular weight excluding hydrogens is 230 g/mol. The van der Waals surface area contributed by atoms with E-state index in [9.17, 15) is 4.79 Å². The normalized spacial score (nSPS) is 11.4. The highest BCUT2D eigenvalue weighted by Crippen LogP contribution is 2.17. The van der Waals surface area contributed by atoms with Gasteiger partial charge in [0.2, 0.25) is 0 Å². The van der Waals surface area contributed by atoms with Gasteiger partial charge in [0.25, 0.3) is 0 Å². The molecule has 1 N–H and O–H groups in total. The lowest BCUT2D eigenvalue weighted by Gasteiger charge is -2.09. The molecule has 0 aliphatic heterocycles. The van der Waals surface area contributed by atoms with Crippen molar-refractivity contribution in [1.29, 1.82) is 0 Å². The van der Waals surface area contributed by atoms with Crippen molar-refractivity contribution < 1.29 is 14.6 Å². The van der Waals surface area contributed by atoms with Crippen molar-refractivity contribution >= 4 is 5.97 Å². The summed E-state index contributed by atoms with van der Waals surface area (Å²) in [5.74, 6) is -0.168. The van der Waals surface area contributed by atoms with E-state index in [1.54, 1.807) is 6.08 Å². The molecule has 0 fully saturated rings. The van der Waals surface area contributed by atoms with Crippen LogP contribution in [0.5, 0.6) is 5.75 Å². The summed E-state index contributed by atoms with van der Waals surface area (Å²) in [6, 6.07) is 3.76. The van der Waals surface area contributed by atoms with Gasteiger partial charge in [-0.05, 0) is 38.0 Å². The van der Waals surface area contributed by atoms with Crippen LogP contribution in [0.25, 0.3) is 0 Å². The number of rotatable bonds is 6. The van der Waals surface area contributed by atoms with Crippen LogP contribution >= 0.6 is 0 Å². The number of ether oxygens (including phenoxy) is 1. The molecule has 0 aliphatic carbocycles. The molecule has 0 bridgehead atoms. The first kappa shape index (κ1) is 14.2. The molecule has 0 spiro atoms. The largest absolute Gasteiger partial charge is 0.488 e. The molecule has 1 aromatic rings. The van der Waals surface area contributed by atoms with Gasteiger partial charge in [-0.2, -0.15) is 0 Å². The highest BCUT2D eigenvalue weighted by Gasteiger charge is 2.05. The molecule has 4 nitrogen and oxygen atoms in total. The molecule has 0 saturated carbocycles. The number of aliphatic carboxylic acids is 1. The monoisotopic (exact) mass is 249 g/mol. The summed E-state index contributed by atoms with van der Waals surface area (Å²) in [6.07, 6.45) is 2.88. The molecule has 4 heteroatoms. The van der Waals surface area contributed by atoms with Gasteiger partial charge in [0.05, 0.1) is 5.69 Å². The third-order valence-electron chi connectivity index (χ3n) is 2.63. The molecule has 98 valence electrons. The Hall–Kier alpha value is -1.84. The van der Waals surface area contributed by atoms with Gasteiger partial charge in [0.15, 0.2) is 0 Å². The summed E-state index contributed by atoms with van der Waals surface area (Å²) >= 11 is 0. The molecule has 0 unspecified atom stereocenters. The van der Waals surface area contributed by atoms with E-state index in [4.69, 9.17) is 9.84 Å². The van der Waals surface area contributed by atoms with Crippen LogP contribution in [0, 0.1) is 6.92 Å². The van der Waals surface area contributed by atoms with Crippen LogP contribution in [-0.2, 0) is 11.2 Å². The zero-order valence-electron chi connectivity index (χ0n) is 11.1. The molecule has 1 aromatic heterocycles. The van der Waals surface area contributed by atoms with E-state index in [-0.39, 0.29) is 6.61 Å². The van der Waals surface area contributed by atoms with E-state index >= 15 is 0 Å². The Labute approximate surface area is 107 Å². The first-order chi connectivity index (χ1) is 8.58. The van der Waals surface area contributed by atoms with Gasteiger partial charge >= 0.3 is 5.97 Å². The van der Waals surface area contributed by atoms with Crippen molar-refractivity contribution in [3.05, 3.63) is 35.2 Å². The Morgan fingerprint density at radius 3 is 2.72 bits per heavy atom. The molecule has 0 amide bonds. The van der Waals surface area contributed by atoms with Crippen molar-refractivity contribution in [1.82, 2.24) is 4.98 Å². The molecule has 0 aromatic carbocycles. The summed E-state index contributed by atoms with van der Waals surface area (Å²) < 4.78 is 5.56. The van der Waals surface area contributed by atoms with E-state index in [2.05, 4.69) is 4.98 Å². The summed E-state index contributed by atoms with van der Waals surface area (Å²) in [5, 5.41) is 8.87. The second-order valence-corrected chi connectivity index (χ2v) is 3.95. The van der Waals surface area contributed by atoms with E-state index in [0.717, 1.165) is 23.6 Å². The van der Waals surface area contributed by atoms with Crippen molar-refractivity contribution in [2.24, 2.45) is 0 Å². The van der Waals surface area contributed by atoms with E-state index in [0.29, 0.717) is 12.0 Å². The summed E-state index contributed by atoms with van der Waals surface area (Å²) in [7, 11) is 0. The van der Waals surface area contributed by atoms with Crippen LogP contribution in [0.15, 0.2) is 23.8 Å². The highest BCUT2D eigenvalue weighted by molar-refractivity contribution is 5.86. The van der Waals surface area contributed by atoms with Gasteiger partial charge in [0, 0.05) is 11.3 Å². The minimum atomic E-state index is -0.890. The van der Waals surface area contributed by atoms with Crippen molar-refractivity contribution in [3.8, 4) is 5.75 Å². The Bertz CT molecular complexity index is 452. The number of carbonyl (C=O) groups is 1. The number of aryl methyl sites for hydroxylation is 2. The quantitative estimate of drug-likeness (QED) is 0.787. The number of carboxylic acids is 1. The standard InChI is InChI=1S/C14H19NO3/c1-4-11(14(16)17)8-9-18-13-7-6-10(3)15-12(13)5-2/h6-8H,4-5,9H2,1-3H3,(H,16,17)/b11-8-. The van der Waals surface area contributed by atoms with Crippen LogP contribution < -0.4 is 4.74 Å². The Morgan fingerprint density at radius 1 is 1.44 bits per heavy atom. The van der Waals surface area contributed by atoms with Gasteiger partial charge in [0.1, 0.15) is 12.4 Å². The molecule has 0 saturated heterocycles. The van der Waals surface area contributed by atoms with E-state index in [1.807, 2.05) is 32.9 Å². The van der Waals surface area contributed by atoms with Gasteiger partial charge < -0.3 is 9.84 Å². The first-order valence-corrected chi connectivity index (χ1v) is 6.10. The van der Waals surface area contributed by atoms with Crippen molar-refractivity contribution in [3.63, 3.8) is 0 Å². The van der Waals surface area contributed by atoms with Crippen LogP contribution in [0.2, 0.25) is 0 Å². The molecule has 18 heavy (non-hydrogen) atoms. The maximum Gasteiger partial charge on any atom is 0.331 e. The lowest BCUT2D eigenvalue weighted by molar-refractivity contribution is -0.132. The Morgan fingerprint density at radius 2 is 2.17 bits per heavy atom. The minimum Gasteiger partial charge on any atom is -0.488 e. The van der Waals surface area contributed by atoms with Crippen LogP contribution in [-0.4, -0.2) is 22.7 Å². The predicted octanol–water partition coefficient (Wildman–Crippen LogP) is 2.75. The molecular formula is C14H19NO3. The summed E-state index contributed by atoms with van der Waals surface area (Å²) in [5.41, 5.74) is 2.22. The average Bonchev–Trinajstić information content (AvgIpc) is 2.35. The molecule has 1 rings (SSSR count). The van der Waals surface area contributed by atoms with Gasteiger partial charge in [-0.3, -0.25) is 4.98 Å². The van der Waals surface area contributed by atoms with E-state index in [1.165, 1.54) is 0 Å². The SMILES string of the molecule is CC/C(=C/COc1ccc(C)nc1CC)C(=O)O. The zero-order valence-corrected chi connectivity index (χ0v) is 11.1. The fourth-order valence-corrected chi connectivity index (χ4v) is 1.60. The highest BCUT2D eigenvalue weighted by atomic mass is 16.5. The predicted molar refractivity (Wildman–Crippen MR) is 69.9 cm³/mol. The van der Waals surface area contributed by atoms with Crippen molar-refractivity contribution in [2.75, 3.05) is 6.61 Å². The van der Waals surface area contributed by atoms with Crippen LogP contribution in [0.1, 0.15) is 31.7 Å². The smallest absolute Gasteiger partial charge is 0.331 e. The van der Waals surface area contributed by atoms with Gasteiger partial charge in [-0.15, -0.1) is 0 Å². The number of carboxylic acid groups (broad SMARTS) is 1. The van der Waals surface area contributed by atoms with Crippen LogP contribution in [0.3, 0.4) is 0 Å².